The predicted molar refractivity (Wildman–Crippen MR) is 111 cm³/mol. The molecule has 3 N–H and O–H groups in total. The third-order valence-corrected chi connectivity index (χ3v) is 6.46. The summed E-state index contributed by atoms with van der Waals surface area (Å²) in [6.45, 7) is 0.553. The van der Waals surface area contributed by atoms with Crippen LogP contribution in [0, 0.1) is 0 Å². The molecular formula is C24H24O8. The number of carbonyl (C=O) groups excluding carboxylic acids is 2. The Morgan fingerprint density at radius 1 is 1.03 bits per heavy atom. The molecule has 0 amide bonds. The highest BCUT2D eigenvalue weighted by molar-refractivity contribution is 6.31. The summed E-state index contributed by atoms with van der Waals surface area (Å²) in [7, 11) is 1.39. The first-order valence-corrected chi connectivity index (χ1v) is 10.7. The van der Waals surface area contributed by atoms with Gasteiger partial charge in [-0.15, -0.1) is 0 Å². The van der Waals surface area contributed by atoms with Gasteiger partial charge in [-0.1, -0.05) is 12.1 Å². The SMILES string of the molecule is COc1cccc2c1C(=O)c1c(O)c3c(c(O)c1C2=O)C[C@H](O)C[C@@H]3O[C@H]1CCCCO1. The lowest BCUT2D eigenvalue weighted by molar-refractivity contribution is -0.197. The summed E-state index contributed by atoms with van der Waals surface area (Å²) in [5.41, 5.74) is 0.0578. The maximum atomic E-state index is 13.4. The van der Waals surface area contributed by atoms with Crippen LogP contribution in [0.3, 0.4) is 0 Å². The Morgan fingerprint density at radius 2 is 1.81 bits per heavy atom. The molecule has 2 aromatic rings. The number of benzene rings is 2. The van der Waals surface area contributed by atoms with Crippen LogP contribution >= 0.6 is 0 Å². The third-order valence-electron chi connectivity index (χ3n) is 6.46. The molecule has 0 aromatic heterocycles. The molecule has 32 heavy (non-hydrogen) atoms. The maximum Gasteiger partial charge on any atom is 0.202 e. The molecule has 2 aromatic carbocycles. The molecule has 0 unspecified atom stereocenters. The largest absolute Gasteiger partial charge is 0.507 e. The molecule has 3 aliphatic rings. The number of phenols is 2. The molecule has 0 saturated carbocycles. The number of hydrogen-bond donors (Lipinski definition) is 3. The molecule has 1 aliphatic heterocycles. The Hall–Kier alpha value is -2.94. The zero-order chi connectivity index (χ0) is 22.6. The highest BCUT2D eigenvalue weighted by Crippen LogP contribution is 2.50. The lowest BCUT2D eigenvalue weighted by atomic mass is 9.76. The lowest BCUT2D eigenvalue weighted by Gasteiger charge is -2.35. The molecule has 1 saturated heterocycles. The quantitative estimate of drug-likeness (QED) is 0.532. The van der Waals surface area contributed by atoms with E-state index in [4.69, 9.17) is 14.2 Å². The molecule has 5 rings (SSSR count). The van der Waals surface area contributed by atoms with Crippen molar-refractivity contribution in [3.05, 3.63) is 51.6 Å². The van der Waals surface area contributed by atoms with Gasteiger partial charge in [0.25, 0.3) is 0 Å². The Bertz CT molecular complexity index is 1120. The summed E-state index contributed by atoms with van der Waals surface area (Å²) in [5.74, 6) is -1.80. The van der Waals surface area contributed by atoms with Gasteiger partial charge in [-0.05, 0) is 25.3 Å². The van der Waals surface area contributed by atoms with Gasteiger partial charge < -0.3 is 29.5 Å². The van der Waals surface area contributed by atoms with Crippen molar-refractivity contribution in [2.24, 2.45) is 0 Å². The number of aromatic hydroxyl groups is 2. The zero-order valence-corrected chi connectivity index (χ0v) is 17.6. The van der Waals surface area contributed by atoms with Crippen LogP contribution in [0.1, 0.15) is 74.8 Å². The molecule has 0 spiro atoms. The van der Waals surface area contributed by atoms with Crippen molar-refractivity contribution in [2.45, 2.75) is 50.6 Å². The van der Waals surface area contributed by atoms with E-state index in [1.165, 1.54) is 13.2 Å². The number of rotatable bonds is 3. The van der Waals surface area contributed by atoms with Crippen molar-refractivity contribution < 1.29 is 39.1 Å². The predicted octanol–water partition coefficient (Wildman–Crippen LogP) is 2.77. The highest BCUT2D eigenvalue weighted by atomic mass is 16.7. The molecule has 3 atom stereocenters. The van der Waals surface area contributed by atoms with Gasteiger partial charge in [0.1, 0.15) is 17.2 Å². The average molecular weight is 440 g/mol. The highest BCUT2D eigenvalue weighted by Gasteiger charge is 2.43. The van der Waals surface area contributed by atoms with Gasteiger partial charge in [0.15, 0.2) is 12.1 Å². The van der Waals surface area contributed by atoms with Crippen LogP contribution in [-0.4, -0.2) is 53.0 Å². The summed E-state index contributed by atoms with van der Waals surface area (Å²) in [6.07, 6.45) is 0.569. The van der Waals surface area contributed by atoms with Crippen molar-refractivity contribution in [3.8, 4) is 17.2 Å². The van der Waals surface area contributed by atoms with Crippen molar-refractivity contribution in [1.29, 1.82) is 0 Å². The summed E-state index contributed by atoms with van der Waals surface area (Å²) >= 11 is 0. The number of fused-ring (bicyclic) bond motifs is 3. The lowest BCUT2D eigenvalue weighted by Crippen LogP contribution is -2.32. The van der Waals surface area contributed by atoms with Crippen LogP contribution in [0.2, 0.25) is 0 Å². The van der Waals surface area contributed by atoms with Crippen LogP contribution in [0.4, 0.5) is 0 Å². The first-order chi connectivity index (χ1) is 15.4. The molecule has 2 aliphatic carbocycles. The second-order valence-corrected chi connectivity index (χ2v) is 8.40. The standard InChI is InChI=1S/C24H24O8/c1-30-14-6-4-5-12-17(14)23(28)20-19(21(12)26)22(27)13-9-11(25)10-15(18(13)24(20)29)32-16-7-2-3-8-31-16/h4-6,11,15-16,25,27,29H,2-3,7-10H2,1H3/t11-,15-,16-/m0/s1. The van der Waals surface area contributed by atoms with E-state index in [1.807, 2.05) is 0 Å². The van der Waals surface area contributed by atoms with Gasteiger partial charge in [-0.2, -0.15) is 0 Å². The fourth-order valence-corrected chi connectivity index (χ4v) is 4.98. The fraction of sp³-hybridized carbons (Fsp3) is 0.417. The van der Waals surface area contributed by atoms with Gasteiger partial charge in [0.05, 0.1) is 36.0 Å². The van der Waals surface area contributed by atoms with E-state index in [-0.39, 0.29) is 52.0 Å². The monoisotopic (exact) mass is 440 g/mol. The summed E-state index contributed by atoms with van der Waals surface area (Å²) in [6, 6.07) is 4.63. The van der Waals surface area contributed by atoms with E-state index in [2.05, 4.69) is 0 Å². The van der Waals surface area contributed by atoms with Crippen LogP contribution in [0.15, 0.2) is 18.2 Å². The Balaban J connectivity index is 1.68. The minimum atomic E-state index is -0.846. The van der Waals surface area contributed by atoms with Crippen LogP contribution in [0.25, 0.3) is 0 Å². The third kappa shape index (κ3) is 3.09. The topological polar surface area (TPSA) is 123 Å². The first-order valence-electron chi connectivity index (χ1n) is 10.7. The van der Waals surface area contributed by atoms with Gasteiger partial charge in [0, 0.05) is 36.1 Å². The van der Waals surface area contributed by atoms with E-state index in [0.717, 1.165) is 12.8 Å². The smallest absolute Gasteiger partial charge is 0.202 e. The van der Waals surface area contributed by atoms with Gasteiger partial charge in [-0.25, -0.2) is 0 Å². The van der Waals surface area contributed by atoms with Crippen molar-refractivity contribution in [3.63, 3.8) is 0 Å². The van der Waals surface area contributed by atoms with Crippen LogP contribution in [-0.2, 0) is 15.9 Å². The van der Waals surface area contributed by atoms with E-state index in [0.29, 0.717) is 13.0 Å². The second-order valence-electron chi connectivity index (χ2n) is 8.40. The van der Waals surface area contributed by atoms with E-state index in [1.54, 1.807) is 12.1 Å². The zero-order valence-electron chi connectivity index (χ0n) is 17.6. The number of ketones is 2. The number of aliphatic hydroxyl groups is 1. The second kappa shape index (κ2) is 7.88. The summed E-state index contributed by atoms with van der Waals surface area (Å²) in [5, 5.41) is 32.8. The molecule has 1 heterocycles. The molecule has 168 valence electrons. The van der Waals surface area contributed by atoms with Crippen molar-refractivity contribution in [1.82, 2.24) is 0 Å². The minimum Gasteiger partial charge on any atom is -0.507 e. The number of aliphatic hydroxyl groups excluding tert-OH is 1. The molecule has 0 radical (unpaired) electrons. The summed E-state index contributed by atoms with van der Waals surface area (Å²) in [4.78, 5) is 26.7. The van der Waals surface area contributed by atoms with Crippen LogP contribution in [0.5, 0.6) is 17.2 Å². The molecule has 8 heteroatoms. The van der Waals surface area contributed by atoms with Gasteiger partial charge in [0.2, 0.25) is 5.78 Å². The normalized spacial score (nSPS) is 24.5. The van der Waals surface area contributed by atoms with Crippen molar-refractivity contribution >= 4 is 11.6 Å². The minimum absolute atomic E-state index is 0.0276. The van der Waals surface area contributed by atoms with Gasteiger partial charge >= 0.3 is 0 Å². The van der Waals surface area contributed by atoms with E-state index in [9.17, 15) is 24.9 Å². The van der Waals surface area contributed by atoms with Crippen molar-refractivity contribution in [2.75, 3.05) is 13.7 Å². The Kier molecular flexibility index (Phi) is 5.16. The number of carbonyl (C=O) groups is 2. The number of hydrogen-bond acceptors (Lipinski definition) is 8. The molecular weight excluding hydrogens is 416 g/mol. The average Bonchev–Trinajstić information content (AvgIpc) is 2.79. The first kappa shape index (κ1) is 20.9. The van der Waals surface area contributed by atoms with Gasteiger partial charge in [-0.3, -0.25) is 9.59 Å². The molecule has 0 bridgehead atoms. The summed E-state index contributed by atoms with van der Waals surface area (Å²) < 4.78 is 17.0. The van der Waals surface area contributed by atoms with Crippen LogP contribution < -0.4 is 4.74 Å². The fourth-order valence-electron chi connectivity index (χ4n) is 4.98. The maximum absolute atomic E-state index is 13.4. The Morgan fingerprint density at radius 3 is 2.53 bits per heavy atom. The molecule has 1 fully saturated rings. The van der Waals surface area contributed by atoms with E-state index < -0.39 is 41.6 Å². The number of methoxy groups -OCH3 is 1. The number of phenolic OH excluding ortho intramolecular Hbond substituents is 2. The molecule has 8 nitrogen and oxygen atoms in total. The van der Waals surface area contributed by atoms with E-state index >= 15 is 0 Å². The number of ether oxygens (including phenoxy) is 3. The Labute approximate surface area is 184 Å².